The van der Waals surface area contributed by atoms with Crippen LogP contribution in [0.1, 0.15) is 64.4 Å². The van der Waals surface area contributed by atoms with Crippen LogP contribution in [0.2, 0.25) is 0 Å². The molecule has 8 nitrogen and oxygen atoms in total. The molecule has 0 bridgehead atoms. The maximum atomic E-state index is 13.7. The number of ether oxygens (including phenoxy) is 2. The maximum absolute atomic E-state index is 13.7. The fourth-order valence-electron chi connectivity index (χ4n) is 5.78. The van der Waals surface area contributed by atoms with Crippen LogP contribution < -0.4 is 14.4 Å². The third-order valence-corrected chi connectivity index (χ3v) is 7.62. The second kappa shape index (κ2) is 12.4. The number of anilines is 1. The minimum absolute atomic E-state index is 0.0231. The van der Waals surface area contributed by atoms with Crippen LogP contribution in [0.25, 0.3) is 0 Å². The van der Waals surface area contributed by atoms with Gasteiger partial charge in [-0.25, -0.2) is 0 Å². The molecule has 1 saturated heterocycles. The lowest BCUT2D eigenvalue weighted by molar-refractivity contribution is -0.143. The Balaban J connectivity index is 1.63. The number of benzene rings is 1. The predicted molar refractivity (Wildman–Crippen MR) is 142 cm³/mol. The fourth-order valence-corrected chi connectivity index (χ4v) is 5.78. The number of likely N-dealkylation sites (tertiary alicyclic amines) is 1. The van der Waals surface area contributed by atoms with Crippen LogP contribution in [0.5, 0.6) is 11.5 Å². The molecule has 4 atom stereocenters. The molecule has 1 aromatic heterocycles. The van der Waals surface area contributed by atoms with Gasteiger partial charge in [0.1, 0.15) is 0 Å². The van der Waals surface area contributed by atoms with Crippen molar-refractivity contribution in [2.24, 2.45) is 11.8 Å². The van der Waals surface area contributed by atoms with Crippen LogP contribution in [-0.4, -0.2) is 59.3 Å². The molecule has 200 valence electrons. The van der Waals surface area contributed by atoms with Gasteiger partial charge in [0.15, 0.2) is 11.5 Å². The SMILES string of the molecule is CCCCN(C(=O)CN1C[C@H](c2ccc3c(c2)OCO3)[C@@H](C(=O)O)[C@@H]1CC(C)CCC)c1cccnc1. The summed E-state index contributed by atoms with van der Waals surface area (Å²) in [4.78, 5) is 34.5. The summed E-state index contributed by atoms with van der Waals surface area (Å²) in [5, 5.41) is 10.4. The lowest BCUT2D eigenvalue weighted by Crippen LogP contribution is -2.45. The average molecular weight is 510 g/mol. The highest BCUT2D eigenvalue weighted by Gasteiger charge is 2.47. The van der Waals surface area contributed by atoms with Crippen molar-refractivity contribution >= 4 is 17.6 Å². The number of carbonyl (C=O) groups is 2. The van der Waals surface area contributed by atoms with Crippen LogP contribution in [0.4, 0.5) is 5.69 Å². The summed E-state index contributed by atoms with van der Waals surface area (Å²) in [6, 6.07) is 9.21. The number of amides is 1. The Hall–Kier alpha value is -3.13. The van der Waals surface area contributed by atoms with Crippen molar-refractivity contribution in [2.75, 3.05) is 31.3 Å². The molecule has 1 unspecified atom stereocenters. The Morgan fingerprint density at radius 2 is 2.00 bits per heavy atom. The van der Waals surface area contributed by atoms with E-state index in [9.17, 15) is 14.7 Å². The van der Waals surface area contributed by atoms with Crippen molar-refractivity contribution in [3.63, 3.8) is 0 Å². The first kappa shape index (κ1) is 26.9. The van der Waals surface area contributed by atoms with E-state index in [0.29, 0.717) is 30.5 Å². The second-order valence-electron chi connectivity index (χ2n) is 10.3. The van der Waals surface area contributed by atoms with Gasteiger partial charge in [-0.15, -0.1) is 0 Å². The number of nitrogens with zero attached hydrogens (tertiary/aromatic N) is 3. The fraction of sp³-hybridized carbons (Fsp3) is 0.552. The number of carbonyl (C=O) groups excluding carboxylic acids is 1. The lowest BCUT2D eigenvalue weighted by atomic mass is 9.81. The van der Waals surface area contributed by atoms with Crippen molar-refractivity contribution in [3.8, 4) is 11.5 Å². The summed E-state index contributed by atoms with van der Waals surface area (Å²) >= 11 is 0. The molecule has 1 N–H and O–H groups in total. The van der Waals surface area contributed by atoms with E-state index in [1.807, 2.05) is 30.3 Å². The van der Waals surface area contributed by atoms with Crippen LogP contribution in [-0.2, 0) is 9.59 Å². The Kier molecular flexibility index (Phi) is 9.03. The summed E-state index contributed by atoms with van der Waals surface area (Å²) in [6.45, 7) is 7.89. The number of fused-ring (bicyclic) bond motifs is 1. The minimum atomic E-state index is -0.818. The molecule has 2 aliphatic rings. The van der Waals surface area contributed by atoms with E-state index >= 15 is 0 Å². The van der Waals surface area contributed by atoms with E-state index in [2.05, 4.69) is 30.7 Å². The zero-order chi connectivity index (χ0) is 26.4. The van der Waals surface area contributed by atoms with E-state index in [-0.39, 0.29) is 31.2 Å². The van der Waals surface area contributed by atoms with Crippen molar-refractivity contribution in [1.29, 1.82) is 0 Å². The van der Waals surface area contributed by atoms with Crippen molar-refractivity contribution in [1.82, 2.24) is 9.88 Å². The summed E-state index contributed by atoms with van der Waals surface area (Å²) in [5.74, 6) is -0.0202. The highest BCUT2D eigenvalue weighted by atomic mass is 16.7. The quantitative estimate of drug-likeness (QED) is 0.433. The van der Waals surface area contributed by atoms with Crippen molar-refractivity contribution < 1.29 is 24.2 Å². The van der Waals surface area contributed by atoms with Gasteiger partial charge in [0.2, 0.25) is 12.7 Å². The summed E-state index contributed by atoms with van der Waals surface area (Å²) in [5.41, 5.74) is 1.69. The molecule has 0 saturated carbocycles. The molecule has 1 aromatic carbocycles. The van der Waals surface area contributed by atoms with Gasteiger partial charge < -0.3 is 19.5 Å². The molecule has 3 heterocycles. The monoisotopic (exact) mass is 509 g/mol. The number of pyridine rings is 1. The van der Waals surface area contributed by atoms with Crippen LogP contribution >= 0.6 is 0 Å². The Labute approximate surface area is 219 Å². The van der Waals surface area contributed by atoms with Gasteiger partial charge in [0.05, 0.1) is 24.3 Å². The number of aromatic nitrogens is 1. The number of hydrogen-bond donors (Lipinski definition) is 1. The second-order valence-corrected chi connectivity index (χ2v) is 10.3. The molecule has 37 heavy (non-hydrogen) atoms. The highest BCUT2D eigenvalue weighted by molar-refractivity contribution is 5.94. The van der Waals surface area contributed by atoms with E-state index in [0.717, 1.165) is 43.4 Å². The third-order valence-electron chi connectivity index (χ3n) is 7.62. The van der Waals surface area contributed by atoms with Gasteiger partial charge in [0, 0.05) is 31.2 Å². The molecular weight excluding hydrogens is 470 g/mol. The number of carboxylic acids is 1. The van der Waals surface area contributed by atoms with E-state index < -0.39 is 11.9 Å². The first-order valence-electron chi connectivity index (χ1n) is 13.5. The number of hydrogen-bond acceptors (Lipinski definition) is 6. The highest BCUT2D eigenvalue weighted by Crippen LogP contribution is 2.43. The molecule has 2 aliphatic heterocycles. The maximum Gasteiger partial charge on any atom is 0.308 e. The molecule has 1 amide bonds. The average Bonchev–Trinajstić information content (AvgIpc) is 3.49. The normalized spacial score (nSPS) is 21.6. The first-order valence-corrected chi connectivity index (χ1v) is 13.5. The molecule has 0 spiro atoms. The van der Waals surface area contributed by atoms with Gasteiger partial charge in [-0.05, 0) is 48.6 Å². The van der Waals surface area contributed by atoms with E-state index in [1.54, 1.807) is 17.3 Å². The molecule has 2 aromatic rings. The molecule has 8 heteroatoms. The first-order chi connectivity index (χ1) is 17.9. The van der Waals surface area contributed by atoms with Crippen LogP contribution in [0.3, 0.4) is 0 Å². The van der Waals surface area contributed by atoms with Crippen molar-refractivity contribution in [3.05, 3.63) is 48.3 Å². The molecule has 4 rings (SSSR count). The van der Waals surface area contributed by atoms with Gasteiger partial charge >= 0.3 is 5.97 Å². The predicted octanol–water partition coefficient (Wildman–Crippen LogP) is 4.94. The molecular formula is C29H39N3O5. The smallest absolute Gasteiger partial charge is 0.308 e. The topological polar surface area (TPSA) is 92.2 Å². The van der Waals surface area contributed by atoms with Gasteiger partial charge in [0.25, 0.3) is 0 Å². The Morgan fingerprint density at radius 1 is 1.19 bits per heavy atom. The number of carboxylic acid groups (broad SMARTS) is 1. The van der Waals surface area contributed by atoms with Crippen LogP contribution in [0.15, 0.2) is 42.7 Å². The number of aliphatic carboxylic acids is 1. The zero-order valence-corrected chi connectivity index (χ0v) is 22.1. The van der Waals surface area contributed by atoms with Gasteiger partial charge in [-0.2, -0.15) is 0 Å². The zero-order valence-electron chi connectivity index (χ0n) is 22.1. The largest absolute Gasteiger partial charge is 0.481 e. The minimum Gasteiger partial charge on any atom is -0.481 e. The molecule has 0 radical (unpaired) electrons. The summed E-state index contributed by atoms with van der Waals surface area (Å²) in [6.07, 6.45) is 8.08. The van der Waals surface area contributed by atoms with Crippen molar-refractivity contribution in [2.45, 2.75) is 64.8 Å². The Morgan fingerprint density at radius 3 is 2.70 bits per heavy atom. The molecule has 1 fully saturated rings. The standard InChI is InChI=1S/C29H39N3O5/c1-4-6-13-32(22-9-7-12-30-16-22)27(33)18-31-17-23(21-10-11-25-26(15-21)37-19-36-25)28(29(34)35)24(31)14-20(3)8-5-2/h7,9-12,15-16,20,23-24,28H,4-6,8,13-14,17-19H2,1-3H3,(H,34,35)/t20?,23-,24+,28-/m1/s1. The number of rotatable bonds is 12. The van der Waals surface area contributed by atoms with Crippen LogP contribution in [0, 0.1) is 11.8 Å². The number of unbranched alkanes of at least 4 members (excludes halogenated alkanes) is 1. The van der Waals surface area contributed by atoms with E-state index in [4.69, 9.17) is 9.47 Å². The Bertz CT molecular complexity index is 1060. The lowest BCUT2D eigenvalue weighted by Gasteiger charge is -2.31. The van der Waals surface area contributed by atoms with Gasteiger partial charge in [-0.3, -0.25) is 19.5 Å². The molecule has 0 aliphatic carbocycles. The van der Waals surface area contributed by atoms with Gasteiger partial charge in [-0.1, -0.05) is 46.1 Å². The summed E-state index contributed by atoms with van der Waals surface area (Å²) < 4.78 is 11.0. The summed E-state index contributed by atoms with van der Waals surface area (Å²) in [7, 11) is 0. The third kappa shape index (κ3) is 6.24. The van der Waals surface area contributed by atoms with E-state index in [1.165, 1.54) is 0 Å².